The lowest BCUT2D eigenvalue weighted by Crippen LogP contribution is -2.26. The van der Waals surface area contributed by atoms with Gasteiger partial charge in [-0.2, -0.15) is 5.10 Å². The zero-order valence-corrected chi connectivity index (χ0v) is 14.8. The Bertz CT molecular complexity index is 954. The molecule has 2 aromatic carbocycles. The van der Waals surface area contributed by atoms with Crippen LogP contribution in [0.5, 0.6) is 0 Å². The number of carbonyl (C=O) groups excluding carboxylic acids is 2. The molecule has 0 fully saturated rings. The Hall–Kier alpha value is -3.48. The van der Waals surface area contributed by atoms with Gasteiger partial charge in [-0.3, -0.25) is 9.59 Å². The van der Waals surface area contributed by atoms with E-state index in [1.54, 1.807) is 10.9 Å². The van der Waals surface area contributed by atoms with Crippen LogP contribution in [-0.2, 0) is 11.2 Å². The maximum Gasteiger partial charge on any atom is 0.251 e. The third-order valence-corrected chi connectivity index (χ3v) is 3.84. The zero-order chi connectivity index (χ0) is 19.2. The van der Waals surface area contributed by atoms with Crippen molar-refractivity contribution in [3.05, 3.63) is 77.9 Å². The van der Waals surface area contributed by atoms with E-state index in [9.17, 15) is 14.0 Å². The summed E-state index contributed by atoms with van der Waals surface area (Å²) in [6, 6.07) is 13.4. The monoisotopic (exact) mass is 366 g/mol. The molecular weight excluding hydrogens is 347 g/mol. The molecule has 7 heteroatoms. The average molecular weight is 366 g/mol. The van der Waals surface area contributed by atoms with Gasteiger partial charge >= 0.3 is 0 Å². The maximum atomic E-state index is 13.6. The van der Waals surface area contributed by atoms with Crippen molar-refractivity contribution in [3.8, 4) is 5.69 Å². The van der Waals surface area contributed by atoms with E-state index in [1.807, 2.05) is 36.5 Å². The largest absolute Gasteiger partial charge is 0.352 e. The van der Waals surface area contributed by atoms with Crippen molar-refractivity contribution in [2.24, 2.45) is 0 Å². The molecule has 0 aliphatic carbocycles. The van der Waals surface area contributed by atoms with E-state index >= 15 is 0 Å². The van der Waals surface area contributed by atoms with Crippen molar-refractivity contribution < 1.29 is 14.0 Å². The highest BCUT2D eigenvalue weighted by atomic mass is 19.1. The average Bonchev–Trinajstić information content (AvgIpc) is 3.10. The number of carbonyl (C=O) groups is 2. The van der Waals surface area contributed by atoms with E-state index < -0.39 is 11.7 Å². The molecule has 3 aromatic rings. The molecule has 138 valence electrons. The number of nitrogens with zero attached hydrogens (tertiary/aromatic N) is 2. The van der Waals surface area contributed by atoms with Gasteiger partial charge in [-0.1, -0.05) is 18.2 Å². The lowest BCUT2D eigenvalue weighted by molar-refractivity contribution is -0.114. The summed E-state index contributed by atoms with van der Waals surface area (Å²) >= 11 is 0. The van der Waals surface area contributed by atoms with Gasteiger partial charge < -0.3 is 10.6 Å². The number of anilines is 1. The molecule has 0 aliphatic rings. The molecule has 0 unspecified atom stereocenters. The summed E-state index contributed by atoms with van der Waals surface area (Å²) < 4.78 is 15.4. The molecule has 0 radical (unpaired) electrons. The highest BCUT2D eigenvalue weighted by Crippen LogP contribution is 2.14. The Morgan fingerprint density at radius 2 is 1.93 bits per heavy atom. The molecule has 2 N–H and O–H groups in total. The number of hydrogen-bond acceptors (Lipinski definition) is 3. The lowest BCUT2D eigenvalue weighted by atomic mass is 10.1. The quantitative estimate of drug-likeness (QED) is 0.704. The molecule has 27 heavy (non-hydrogen) atoms. The van der Waals surface area contributed by atoms with Crippen LogP contribution >= 0.6 is 0 Å². The fourth-order valence-electron chi connectivity index (χ4n) is 2.63. The van der Waals surface area contributed by atoms with Crippen LogP contribution in [0.15, 0.2) is 60.9 Å². The van der Waals surface area contributed by atoms with Crippen LogP contribution in [-0.4, -0.2) is 28.1 Å². The summed E-state index contributed by atoms with van der Waals surface area (Å²) in [6.07, 6.45) is 4.24. The van der Waals surface area contributed by atoms with Crippen molar-refractivity contribution >= 4 is 17.5 Å². The van der Waals surface area contributed by atoms with Gasteiger partial charge in [0.05, 0.1) is 11.9 Å². The lowest BCUT2D eigenvalue weighted by Gasteiger charge is -2.07. The van der Waals surface area contributed by atoms with Crippen molar-refractivity contribution in [1.29, 1.82) is 0 Å². The Labute approximate surface area is 156 Å². The fraction of sp³-hybridized carbons (Fsp3) is 0.150. The van der Waals surface area contributed by atoms with Crippen LogP contribution < -0.4 is 10.6 Å². The van der Waals surface area contributed by atoms with Crippen LogP contribution in [0.25, 0.3) is 5.69 Å². The number of amides is 2. The first-order valence-electron chi connectivity index (χ1n) is 8.46. The third-order valence-electron chi connectivity index (χ3n) is 3.84. The third kappa shape index (κ3) is 5.01. The molecule has 0 atom stereocenters. The first-order valence-corrected chi connectivity index (χ1v) is 8.46. The minimum Gasteiger partial charge on any atom is -0.352 e. The Balaban J connectivity index is 1.58. The number of rotatable bonds is 6. The van der Waals surface area contributed by atoms with Gasteiger partial charge in [0.2, 0.25) is 5.91 Å². The minimum atomic E-state index is -0.587. The van der Waals surface area contributed by atoms with Gasteiger partial charge in [0, 0.05) is 30.9 Å². The van der Waals surface area contributed by atoms with Gasteiger partial charge in [-0.25, -0.2) is 9.07 Å². The molecule has 6 nitrogen and oxygen atoms in total. The second kappa shape index (κ2) is 8.27. The summed E-state index contributed by atoms with van der Waals surface area (Å²) in [7, 11) is 0. The molecule has 0 saturated heterocycles. The van der Waals surface area contributed by atoms with E-state index in [0.29, 0.717) is 13.0 Å². The summed E-state index contributed by atoms with van der Waals surface area (Å²) in [5.74, 6) is -1.32. The van der Waals surface area contributed by atoms with Crippen LogP contribution in [0.4, 0.5) is 10.1 Å². The first-order chi connectivity index (χ1) is 13.0. The summed E-state index contributed by atoms with van der Waals surface area (Å²) in [4.78, 5) is 23.3. The van der Waals surface area contributed by atoms with Gasteiger partial charge in [-0.05, 0) is 42.3 Å². The molecule has 1 heterocycles. The Kier molecular flexibility index (Phi) is 5.61. The van der Waals surface area contributed by atoms with E-state index in [0.717, 1.165) is 23.4 Å². The van der Waals surface area contributed by atoms with Crippen molar-refractivity contribution in [2.75, 3.05) is 11.9 Å². The van der Waals surface area contributed by atoms with E-state index in [2.05, 4.69) is 15.7 Å². The summed E-state index contributed by atoms with van der Waals surface area (Å²) in [5, 5.41) is 9.53. The van der Waals surface area contributed by atoms with Crippen molar-refractivity contribution in [3.63, 3.8) is 0 Å². The number of halogens is 1. The Morgan fingerprint density at radius 1 is 1.15 bits per heavy atom. The van der Waals surface area contributed by atoms with Crippen LogP contribution in [0.2, 0.25) is 0 Å². The van der Waals surface area contributed by atoms with Gasteiger partial charge in [0.15, 0.2) is 0 Å². The SMILES string of the molecule is CC(=O)Nc1cc(F)cc(C(=O)NCCc2cnn(-c3ccccc3)c2)c1. The molecular formula is C20H19FN4O2. The standard InChI is InChI=1S/C20H19FN4O2/c1-14(26)24-18-10-16(9-17(21)11-18)20(27)22-8-7-15-12-23-25(13-15)19-5-3-2-4-6-19/h2-6,9-13H,7-8H2,1H3,(H,22,27)(H,24,26). The number of nitrogens with one attached hydrogen (secondary N) is 2. The summed E-state index contributed by atoms with van der Waals surface area (Å²) in [6.45, 7) is 1.70. The van der Waals surface area contributed by atoms with Crippen LogP contribution in [0, 0.1) is 5.82 Å². The highest BCUT2D eigenvalue weighted by Gasteiger charge is 2.10. The van der Waals surface area contributed by atoms with Crippen LogP contribution in [0.1, 0.15) is 22.8 Å². The predicted molar refractivity (Wildman–Crippen MR) is 100 cm³/mol. The number of benzene rings is 2. The molecule has 0 saturated carbocycles. The van der Waals surface area contributed by atoms with E-state index in [-0.39, 0.29) is 17.2 Å². The number of hydrogen-bond donors (Lipinski definition) is 2. The molecule has 3 rings (SSSR count). The number of para-hydroxylation sites is 1. The molecule has 1 aromatic heterocycles. The molecule has 0 spiro atoms. The normalized spacial score (nSPS) is 10.4. The molecule has 2 amide bonds. The van der Waals surface area contributed by atoms with E-state index in [1.165, 1.54) is 13.0 Å². The zero-order valence-electron chi connectivity index (χ0n) is 14.8. The maximum absolute atomic E-state index is 13.6. The minimum absolute atomic E-state index is 0.152. The molecule has 0 aliphatic heterocycles. The smallest absolute Gasteiger partial charge is 0.251 e. The fourth-order valence-corrected chi connectivity index (χ4v) is 2.63. The van der Waals surface area contributed by atoms with E-state index in [4.69, 9.17) is 0 Å². The number of aromatic nitrogens is 2. The van der Waals surface area contributed by atoms with Crippen molar-refractivity contribution in [2.45, 2.75) is 13.3 Å². The Morgan fingerprint density at radius 3 is 2.67 bits per heavy atom. The second-order valence-electron chi connectivity index (χ2n) is 6.04. The van der Waals surface area contributed by atoms with Crippen LogP contribution in [0.3, 0.4) is 0 Å². The van der Waals surface area contributed by atoms with Gasteiger partial charge in [0.1, 0.15) is 5.82 Å². The predicted octanol–water partition coefficient (Wildman–Crippen LogP) is 2.94. The highest BCUT2D eigenvalue weighted by molar-refractivity contribution is 5.96. The summed E-state index contributed by atoms with van der Waals surface area (Å²) in [5.41, 5.74) is 2.32. The second-order valence-corrected chi connectivity index (χ2v) is 6.04. The van der Waals surface area contributed by atoms with Crippen molar-refractivity contribution in [1.82, 2.24) is 15.1 Å². The van der Waals surface area contributed by atoms with Gasteiger partial charge in [-0.15, -0.1) is 0 Å². The first kappa shape index (κ1) is 18.3. The molecule has 0 bridgehead atoms. The topological polar surface area (TPSA) is 76.0 Å². The van der Waals surface area contributed by atoms with Gasteiger partial charge in [0.25, 0.3) is 5.91 Å².